The highest BCUT2D eigenvalue weighted by Gasteiger charge is 2.30. The van der Waals surface area contributed by atoms with E-state index >= 15 is 0 Å². The van der Waals surface area contributed by atoms with Crippen LogP contribution < -0.4 is 4.72 Å². The molecule has 2 rings (SSSR count). The summed E-state index contributed by atoms with van der Waals surface area (Å²) >= 11 is 0. The summed E-state index contributed by atoms with van der Waals surface area (Å²) in [4.78, 5) is 26.3. The molecule has 0 saturated carbocycles. The van der Waals surface area contributed by atoms with Crippen LogP contribution >= 0.6 is 0 Å². The molecule has 1 N–H and O–H groups in total. The number of hydrogen-bond acceptors (Lipinski definition) is 5. The van der Waals surface area contributed by atoms with E-state index in [2.05, 4.69) is 4.72 Å². The average Bonchev–Trinajstić information content (AvgIpc) is 2.59. The third kappa shape index (κ3) is 5.52. The summed E-state index contributed by atoms with van der Waals surface area (Å²) in [6.07, 6.45) is 2.93. The number of hydrogen-bond donors (Lipinski definition) is 1. The third-order valence-corrected chi connectivity index (χ3v) is 6.39. The zero-order chi connectivity index (χ0) is 20.2. The van der Waals surface area contributed by atoms with Crippen molar-refractivity contribution < 1.29 is 22.7 Å². The van der Waals surface area contributed by atoms with Gasteiger partial charge in [-0.05, 0) is 59.1 Å². The lowest BCUT2D eigenvalue weighted by atomic mass is 9.97. The molecule has 0 aromatic heterocycles. The van der Waals surface area contributed by atoms with Crippen molar-refractivity contribution >= 4 is 21.9 Å². The average molecular weight is 397 g/mol. The molecule has 0 bridgehead atoms. The van der Waals surface area contributed by atoms with Crippen molar-refractivity contribution in [2.45, 2.75) is 70.0 Å². The summed E-state index contributed by atoms with van der Waals surface area (Å²) in [6.45, 7) is 6.82. The number of sulfonamides is 1. The first kappa shape index (κ1) is 21.4. The summed E-state index contributed by atoms with van der Waals surface area (Å²) < 4.78 is 32.0. The van der Waals surface area contributed by atoms with Crippen LogP contribution in [0.1, 0.15) is 45.6 Å². The van der Waals surface area contributed by atoms with E-state index in [-0.39, 0.29) is 29.5 Å². The topological polar surface area (TPSA) is 92.8 Å². The van der Waals surface area contributed by atoms with E-state index in [9.17, 15) is 18.0 Å². The highest BCUT2D eigenvalue weighted by molar-refractivity contribution is 7.89. The Morgan fingerprint density at radius 1 is 1.19 bits per heavy atom. The van der Waals surface area contributed by atoms with E-state index in [4.69, 9.17) is 4.74 Å². The molecular weight excluding hydrogens is 368 g/mol. The Kier molecular flexibility index (Phi) is 7.00. The summed E-state index contributed by atoms with van der Waals surface area (Å²) in [5.74, 6) is -1.03. The van der Waals surface area contributed by atoms with Crippen LogP contribution in [-0.4, -0.2) is 49.9 Å². The van der Waals surface area contributed by atoms with Crippen molar-refractivity contribution in [3.63, 3.8) is 0 Å². The Balaban J connectivity index is 1.91. The van der Waals surface area contributed by atoms with Gasteiger partial charge in [-0.1, -0.05) is 17.7 Å². The van der Waals surface area contributed by atoms with Gasteiger partial charge in [0, 0.05) is 12.1 Å². The first-order valence-electron chi connectivity index (χ1n) is 9.18. The molecular formula is C19H28N2O5S. The van der Waals surface area contributed by atoms with E-state index in [0.717, 1.165) is 24.8 Å². The second-order valence-corrected chi connectivity index (χ2v) is 8.91. The van der Waals surface area contributed by atoms with Gasteiger partial charge in [0.1, 0.15) is 6.04 Å². The fourth-order valence-electron chi connectivity index (χ4n) is 3.31. The molecule has 8 heteroatoms. The number of carbonyl (C=O) groups excluding carboxylic acids is 2. The van der Waals surface area contributed by atoms with Crippen LogP contribution in [0.3, 0.4) is 0 Å². The third-order valence-electron chi connectivity index (χ3n) is 4.84. The number of carbonyl (C=O) groups is 2. The van der Waals surface area contributed by atoms with Crippen molar-refractivity contribution in [2.24, 2.45) is 0 Å². The standard InChI is InChI=1S/C19H28N2O5S/c1-13-8-10-17(11-9-13)27(24,25)20-16(4)19(23)26-12-18(22)21-14(2)6-5-7-15(21)3/h8-11,14-16,20H,5-7,12H2,1-4H3/t14?,15?,16-/m0/s1. The van der Waals surface area contributed by atoms with Gasteiger partial charge in [-0.25, -0.2) is 8.42 Å². The molecule has 1 saturated heterocycles. The van der Waals surface area contributed by atoms with Crippen LogP contribution in [0.25, 0.3) is 0 Å². The van der Waals surface area contributed by atoms with Crippen LogP contribution in [0.5, 0.6) is 0 Å². The second kappa shape index (κ2) is 8.84. The Bertz CT molecular complexity index is 766. The lowest BCUT2D eigenvalue weighted by Crippen LogP contribution is -2.49. The molecule has 27 heavy (non-hydrogen) atoms. The van der Waals surface area contributed by atoms with Gasteiger partial charge in [0.15, 0.2) is 6.61 Å². The van der Waals surface area contributed by atoms with Crippen LogP contribution in [0, 0.1) is 6.92 Å². The van der Waals surface area contributed by atoms with Crippen molar-refractivity contribution in [1.29, 1.82) is 0 Å². The predicted octanol–water partition coefficient (Wildman–Crippen LogP) is 1.99. The van der Waals surface area contributed by atoms with Gasteiger partial charge in [-0.2, -0.15) is 4.72 Å². The van der Waals surface area contributed by atoms with Gasteiger partial charge >= 0.3 is 5.97 Å². The summed E-state index contributed by atoms with van der Waals surface area (Å²) in [5, 5.41) is 0. The minimum Gasteiger partial charge on any atom is -0.454 e. The Hall–Kier alpha value is -1.93. The van der Waals surface area contributed by atoms with Crippen molar-refractivity contribution in [3.8, 4) is 0 Å². The normalized spacial score (nSPS) is 21.6. The lowest BCUT2D eigenvalue weighted by Gasteiger charge is -2.38. The molecule has 1 aromatic carbocycles. The number of esters is 1. The number of nitrogens with zero attached hydrogens (tertiary/aromatic N) is 1. The van der Waals surface area contributed by atoms with Gasteiger partial charge < -0.3 is 9.64 Å². The number of piperidine rings is 1. The van der Waals surface area contributed by atoms with Crippen LogP contribution in [-0.2, 0) is 24.3 Å². The number of aryl methyl sites for hydroxylation is 1. The first-order chi connectivity index (χ1) is 12.6. The molecule has 3 atom stereocenters. The molecule has 1 aliphatic rings. The molecule has 1 fully saturated rings. The molecule has 1 amide bonds. The Labute approximate surface area is 161 Å². The van der Waals surface area contributed by atoms with Crippen molar-refractivity contribution in [1.82, 2.24) is 9.62 Å². The molecule has 1 aromatic rings. The molecule has 2 unspecified atom stereocenters. The number of nitrogens with one attached hydrogen (secondary N) is 1. The SMILES string of the molecule is Cc1ccc(S(=O)(=O)N[C@@H](C)C(=O)OCC(=O)N2C(C)CCCC2C)cc1. The minimum atomic E-state index is -3.84. The zero-order valence-corrected chi connectivity index (χ0v) is 17.1. The maximum Gasteiger partial charge on any atom is 0.324 e. The predicted molar refractivity (Wildman–Crippen MR) is 102 cm³/mol. The molecule has 1 heterocycles. The number of likely N-dealkylation sites (tertiary alicyclic amines) is 1. The minimum absolute atomic E-state index is 0.0693. The van der Waals surface area contributed by atoms with Gasteiger partial charge in [-0.15, -0.1) is 0 Å². The maximum absolute atomic E-state index is 12.4. The quantitative estimate of drug-likeness (QED) is 0.743. The number of ether oxygens (including phenoxy) is 1. The fraction of sp³-hybridized carbons (Fsp3) is 0.579. The maximum atomic E-state index is 12.4. The van der Waals surface area contributed by atoms with Gasteiger partial charge in [-0.3, -0.25) is 9.59 Å². The molecule has 0 aliphatic carbocycles. The number of amides is 1. The van der Waals surface area contributed by atoms with Crippen LogP contribution in [0.4, 0.5) is 0 Å². The highest BCUT2D eigenvalue weighted by atomic mass is 32.2. The first-order valence-corrected chi connectivity index (χ1v) is 10.7. The molecule has 1 aliphatic heterocycles. The second-order valence-electron chi connectivity index (χ2n) is 7.19. The van der Waals surface area contributed by atoms with Crippen LogP contribution in [0.15, 0.2) is 29.2 Å². The fourth-order valence-corrected chi connectivity index (χ4v) is 4.50. The monoisotopic (exact) mass is 396 g/mol. The van der Waals surface area contributed by atoms with Crippen molar-refractivity contribution in [3.05, 3.63) is 29.8 Å². The Morgan fingerprint density at radius 3 is 2.30 bits per heavy atom. The van der Waals surface area contributed by atoms with Gasteiger partial charge in [0.05, 0.1) is 4.90 Å². The summed E-state index contributed by atoms with van der Waals surface area (Å²) in [5.41, 5.74) is 0.932. The lowest BCUT2D eigenvalue weighted by molar-refractivity contribution is -0.155. The van der Waals surface area contributed by atoms with Crippen LogP contribution in [0.2, 0.25) is 0 Å². The van der Waals surface area contributed by atoms with Crippen molar-refractivity contribution in [2.75, 3.05) is 6.61 Å². The largest absolute Gasteiger partial charge is 0.454 e. The molecule has 0 radical (unpaired) electrons. The van der Waals surface area contributed by atoms with E-state index in [1.807, 2.05) is 20.8 Å². The molecule has 0 spiro atoms. The summed E-state index contributed by atoms with van der Waals surface area (Å²) in [7, 11) is -3.84. The van der Waals surface area contributed by atoms with E-state index in [0.29, 0.717) is 0 Å². The smallest absolute Gasteiger partial charge is 0.324 e. The number of benzene rings is 1. The Morgan fingerprint density at radius 2 is 1.74 bits per heavy atom. The van der Waals surface area contributed by atoms with Gasteiger partial charge in [0.25, 0.3) is 5.91 Å². The van der Waals surface area contributed by atoms with Gasteiger partial charge in [0.2, 0.25) is 10.0 Å². The van der Waals surface area contributed by atoms with E-state index in [1.54, 1.807) is 17.0 Å². The molecule has 150 valence electrons. The van der Waals surface area contributed by atoms with E-state index < -0.39 is 22.0 Å². The molecule has 7 nitrogen and oxygen atoms in total. The zero-order valence-electron chi connectivity index (χ0n) is 16.3. The highest BCUT2D eigenvalue weighted by Crippen LogP contribution is 2.22. The summed E-state index contributed by atoms with van der Waals surface area (Å²) in [6, 6.07) is 5.42. The number of rotatable bonds is 6. The van der Waals surface area contributed by atoms with E-state index in [1.165, 1.54) is 19.1 Å².